The summed E-state index contributed by atoms with van der Waals surface area (Å²) < 4.78 is 27.3. The zero-order valence-corrected chi connectivity index (χ0v) is 20.9. The van der Waals surface area contributed by atoms with Crippen LogP contribution in [0.3, 0.4) is 0 Å². The van der Waals surface area contributed by atoms with Crippen molar-refractivity contribution in [1.82, 2.24) is 0 Å². The maximum atomic E-state index is 13.2. The average molecular weight is 568 g/mol. The van der Waals surface area contributed by atoms with Gasteiger partial charge in [0.2, 0.25) is 5.43 Å². The van der Waals surface area contributed by atoms with E-state index < -0.39 is 96.4 Å². The second kappa shape index (κ2) is 10.3. The molecule has 2 aromatic carbocycles. The Labute approximate surface area is 224 Å². The summed E-state index contributed by atoms with van der Waals surface area (Å²) in [5.74, 6) is -1.93. The van der Waals surface area contributed by atoms with Crippen LogP contribution in [0.5, 0.6) is 23.0 Å². The van der Waals surface area contributed by atoms with E-state index in [0.717, 1.165) is 12.1 Å². The molecule has 0 amide bonds. The molecule has 3 aromatic rings. The fourth-order valence-electron chi connectivity index (χ4n) is 4.97. The van der Waals surface area contributed by atoms with Crippen molar-refractivity contribution in [3.63, 3.8) is 0 Å². The summed E-state index contributed by atoms with van der Waals surface area (Å²) in [6.07, 6.45) is -11.9. The van der Waals surface area contributed by atoms with E-state index in [1.807, 2.05) is 0 Å². The molecule has 2 aliphatic heterocycles. The Kier molecular flexibility index (Phi) is 7.28. The Balaban J connectivity index is 1.65. The molecule has 15 nitrogen and oxygen atoms in total. The second-order valence-corrected chi connectivity index (χ2v) is 9.73. The Hall–Kier alpha value is -3.25. The van der Waals surface area contributed by atoms with Crippen LogP contribution in [0, 0.1) is 0 Å². The van der Waals surface area contributed by atoms with Gasteiger partial charge in [0.15, 0.2) is 29.1 Å². The van der Waals surface area contributed by atoms with Crippen molar-refractivity contribution in [1.29, 1.82) is 0 Å². The van der Waals surface area contributed by atoms with Crippen LogP contribution in [-0.2, 0) is 14.2 Å². The molecule has 8 atom stereocenters. The molecule has 0 bridgehead atoms. The summed E-state index contributed by atoms with van der Waals surface area (Å²) >= 11 is 0. The molecular weight excluding hydrogens is 540 g/mol. The zero-order chi connectivity index (χ0) is 29.1. The average Bonchev–Trinajstić information content (AvgIpc) is 3.22. The molecule has 0 unspecified atom stereocenters. The fraction of sp³-hybridized carbons (Fsp3) is 0.480. The van der Waals surface area contributed by atoms with Gasteiger partial charge in [-0.25, -0.2) is 0 Å². The molecule has 9 N–H and O–H groups in total. The number of methoxy groups -OCH3 is 1. The highest BCUT2D eigenvalue weighted by atomic mass is 16.7. The molecule has 15 heteroatoms. The first-order valence-corrected chi connectivity index (χ1v) is 12.1. The Morgan fingerprint density at radius 2 is 1.73 bits per heavy atom. The summed E-state index contributed by atoms with van der Waals surface area (Å²) in [4.78, 5) is 13.2. The van der Waals surface area contributed by atoms with E-state index in [4.69, 9.17) is 23.4 Å². The van der Waals surface area contributed by atoms with Crippen molar-refractivity contribution in [2.75, 3.05) is 26.9 Å². The zero-order valence-electron chi connectivity index (χ0n) is 20.9. The number of hydrogen-bond acceptors (Lipinski definition) is 15. The van der Waals surface area contributed by atoms with Gasteiger partial charge in [0, 0.05) is 6.07 Å². The first kappa shape index (κ1) is 28.3. The van der Waals surface area contributed by atoms with Crippen molar-refractivity contribution < 1.29 is 69.3 Å². The van der Waals surface area contributed by atoms with Crippen molar-refractivity contribution in [3.8, 4) is 23.0 Å². The molecule has 2 saturated heterocycles. The third-order valence-corrected chi connectivity index (χ3v) is 7.28. The number of hydrogen-bond donors (Lipinski definition) is 9. The lowest BCUT2D eigenvalue weighted by molar-refractivity contribution is -0.287. The predicted octanol–water partition coefficient (Wildman–Crippen LogP) is -1.95. The van der Waals surface area contributed by atoms with Gasteiger partial charge in [0.25, 0.3) is 0 Å². The maximum absolute atomic E-state index is 13.2. The standard InChI is InChI=1S/C25H28O15/c1-36-13-4-12-8(2-10(13)28)16(30)9-3-11(29)15(18(32)20(9)38-12)21-22(19(33)17(31)14(5-26)39-21)40-24-23(34)25(35,6-27)7-37-24/h2-4,14,17,19,21-24,26-29,31-35H,5-7H2,1H3/t14-,17-,19+,21+,22-,23+,24+,25-/m1/s1. The van der Waals surface area contributed by atoms with Crippen LogP contribution in [-0.4, -0.2) is 115 Å². The molecule has 3 heterocycles. The molecule has 0 aliphatic carbocycles. The molecule has 5 rings (SSSR count). The minimum atomic E-state index is -2.10. The summed E-state index contributed by atoms with van der Waals surface area (Å²) in [6, 6.07) is 3.26. The van der Waals surface area contributed by atoms with E-state index in [-0.39, 0.29) is 27.9 Å². The number of aromatic hydroxyl groups is 3. The monoisotopic (exact) mass is 568 g/mol. The van der Waals surface area contributed by atoms with E-state index in [9.17, 15) is 50.8 Å². The molecule has 0 saturated carbocycles. The van der Waals surface area contributed by atoms with Gasteiger partial charge in [-0.3, -0.25) is 4.79 Å². The Morgan fingerprint density at radius 3 is 2.35 bits per heavy atom. The van der Waals surface area contributed by atoms with Crippen molar-refractivity contribution in [3.05, 3.63) is 34.0 Å². The molecule has 0 spiro atoms. The van der Waals surface area contributed by atoms with Gasteiger partial charge in [-0.15, -0.1) is 0 Å². The summed E-state index contributed by atoms with van der Waals surface area (Å²) in [7, 11) is 1.28. The van der Waals surface area contributed by atoms with Crippen molar-refractivity contribution in [2.45, 2.75) is 48.5 Å². The lowest BCUT2D eigenvalue weighted by atomic mass is 9.89. The van der Waals surface area contributed by atoms with Gasteiger partial charge in [-0.1, -0.05) is 0 Å². The highest BCUT2D eigenvalue weighted by Crippen LogP contribution is 2.47. The lowest BCUT2D eigenvalue weighted by Crippen LogP contribution is -2.58. The summed E-state index contributed by atoms with van der Waals surface area (Å²) in [5, 5.41) is 93.1. The number of phenols is 3. The SMILES string of the molecule is COc1cc2oc3c(O)c([C@@H]4O[C@H](CO)[C@@H](O)[C@H](O)[C@H]4O[C@@H]4OC[C@](O)(CO)[C@H]4O)c(O)cc3c(=O)c2cc1O. The summed E-state index contributed by atoms with van der Waals surface area (Å²) in [5.41, 5.74) is -3.81. The first-order valence-electron chi connectivity index (χ1n) is 12.1. The van der Waals surface area contributed by atoms with Crippen LogP contribution < -0.4 is 10.2 Å². The smallest absolute Gasteiger partial charge is 0.200 e. The number of aliphatic hydroxyl groups is 6. The van der Waals surface area contributed by atoms with Crippen LogP contribution in [0.25, 0.3) is 21.9 Å². The third kappa shape index (κ3) is 4.32. The lowest BCUT2D eigenvalue weighted by Gasteiger charge is -2.43. The quantitative estimate of drug-likeness (QED) is 0.147. The van der Waals surface area contributed by atoms with Crippen molar-refractivity contribution >= 4 is 21.9 Å². The van der Waals surface area contributed by atoms with Gasteiger partial charge in [-0.05, 0) is 12.1 Å². The van der Waals surface area contributed by atoms with Crippen LogP contribution in [0.15, 0.2) is 27.4 Å². The van der Waals surface area contributed by atoms with Crippen LogP contribution in [0.2, 0.25) is 0 Å². The first-order chi connectivity index (χ1) is 18.9. The molecule has 1 aromatic heterocycles. The minimum Gasteiger partial charge on any atom is -0.507 e. The molecule has 2 fully saturated rings. The van der Waals surface area contributed by atoms with E-state index in [0.29, 0.717) is 0 Å². The van der Waals surface area contributed by atoms with Gasteiger partial charge in [0.05, 0.1) is 43.3 Å². The topological polar surface area (TPSA) is 249 Å². The largest absolute Gasteiger partial charge is 0.507 e. The molecule has 2 aliphatic rings. The van der Waals surface area contributed by atoms with Crippen LogP contribution >= 0.6 is 0 Å². The van der Waals surface area contributed by atoms with Crippen LogP contribution in [0.4, 0.5) is 0 Å². The van der Waals surface area contributed by atoms with Gasteiger partial charge in [-0.2, -0.15) is 0 Å². The predicted molar refractivity (Wildman–Crippen MR) is 131 cm³/mol. The number of aliphatic hydroxyl groups excluding tert-OH is 5. The van der Waals surface area contributed by atoms with Gasteiger partial charge in [0.1, 0.15) is 53.6 Å². The van der Waals surface area contributed by atoms with E-state index in [1.165, 1.54) is 13.2 Å². The molecule has 40 heavy (non-hydrogen) atoms. The minimum absolute atomic E-state index is 0.0292. The van der Waals surface area contributed by atoms with E-state index >= 15 is 0 Å². The third-order valence-electron chi connectivity index (χ3n) is 7.28. The van der Waals surface area contributed by atoms with E-state index in [1.54, 1.807) is 0 Å². The summed E-state index contributed by atoms with van der Waals surface area (Å²) in [6.45, 7) is -2.24. The normalized spacial score (nSPS) is 32.6. The second-order valence-electron chi connectivity index (χ2n) is 9.73. The maximum Gasteiger partial charge on any atom is 0.200 e. The number of ether oxygens (including phenoxy) is 4. The highest BCUT2D eigenvalue weighted by Gasteiger charge is 2.53. The van der Waals surface area contributed by atoms with Crippen molar-refractivity contribution in [2.24, 2.45) is 0 Å². The van der Waals surface area contributed by atoms with Crippen LogP contribution in [0.1, 0.15) is 11.7 Å². The number of rotatable bonds is 6. The van der Waals surface area contributed by atoms with E-state index in [2.05, 4.69) is 0 Å². The molecule has 218 valence electrons. The number of phenolic OH excluding ortho intramolecular Hbond substituents is 3. The Bertz CT molecular complexity index is 1490. The fourth-order valence-corrected chi connectivity index (χ4v) is 4.97. The van der Waals surface area contributed by atoms with Gasteiger partial charge < -0.3 is 69.3 Å². The number of fused-ring (bicyclic) bond motifs is 2. The Morgan fingerprint density at radius 1 is 1.02 bits per heavy atom. The van der Waals surface area contributed by atoms with Gasteiger partial charge >= 0.3 is 0 Å². The highest BCUT2D eigenvalue weighted by molar-refractivity contribution is 5.95. The number of benzene rings is 2. The molecule has 0 radical (unpaired) electrons. The molecular formula is C25H28O15.